The molecule has 20 heavy (non-hydrogen) atoms. The summed E-state index contributed by atoms with van der Waals surface area (Å²) in [5.74, 6) is -1.06. The SMILES string of the molecule is N#Cc1ccc(COC(=O)Cc2cnc[nH]2)cc1F.[H-].[Li+]. The second-order valence-corrected chi connectivity index (χ2v) is 3.84. The van der Waals surface area contributed by atoms with Gasteiger partial charge in [-0.3, -0.25) is 4.79 Å². The van der Waals surface area contributed by atoms with Gasteiger partial charge in [-0.15, -0.1) is 0 Å². The zero-order valence-electron chi connectivity index (χ0n) is 11.9. The standard InChI is InChI=1S/C13H10FN3O2.Li.H/c14-12-3-9(1-2-10(12)5-15)7-19-13(18)4-11-6-16-8-17-11;;/h1-3,6,8H,4,7H2,(H,16,17);;/q;+1;-1. The van der Waals surface area contributed by atoms with Crippen molar-refractivity contribution in [1.29, 1.82) is 5.26 Å². The summed E-state index contributed by atoms with van der Waals surface area (Å²) >= 11 is 0. The third kappa shape index (κ3) is 4.24. The van der Waals surface area contributed by atoms with Crippen LogP contribution in [-0.2, 0) is 22.6 Å². The third-order valence-corrected chi connectivity index (χ3v) is 2.44. The number of imidazole rings is 1. The molecule has 0 radical (unpaired) electrons. The van der Waals surface area contributed by atoms with E-state index in [2.05, 4.69) is 9.97 Å². The fourth-order valence-corrected chi connectivity index (χ4v) is 1.49. The summed E-state index contributed by atoms with van der Waals surface area (Å²) < 4.78 is 18.3. The fourth-order valence-electron chi connectivity index (χ4n) is 1.49. The molecular formula is C13H11FLiN3O2. The Morgan fingerprint density at radius 2 is 2.35 bits per heavy atom. The van der Waals surface area contributed by atoms with Crippen LogP contribution in [0.15, 0.2) is 30.7 Å². The van der Waals surface area contributed by atoms with Gasteiger partial charge in [-0.25, -0.2) is 9.37 Å². The topological polar surface area (TPSA) is 78.8 Å². The van der Waals surface area contributed by atoms with Crippen LogP contribution < -0.4 is 18.9 Å². The van der Waals surface area contributed by atoms with Crippen LogP contribution in [-0.4, -0.2) is 15.9 Å². The van der Waals surface area contributed by atoms with E-state index in [1.807, 2.05) is 0 Å². The maximum atomic E-state index is 13.3. The summed E-state index contributed by atoms with van der Waals surface area (Å²) in [7, 11) is 0. The first-order chi connectivity index (χ1) is 9.19. The molecule has 0 saturated carbocycles. The normalized spacial score (nSPS) is 9.40. The molecule has 0 bridgehead atoms. The van der Waals surface area contributed by atoms with E-state index in [0.29, 0.717) is 11.3 Å². The van der Waals surface area contributed by atoms with Crippen molar-refractivity contribution in [2.24, 2.45) is 0 Å². The van der Waals surface area contributed by atoms with E-state index in [1.54, 1.807) is 12.1 Å². The zero-order valence-corrected chi connectivity index (χ0v) is 10.9. The Kier molecular flexibility index (Phi) is 5.98. The molecule has 2 aromatic rings. The second kappa shape index (κ2) is 7.49. The quantitative estimate of drug-likeness (QED) is 0.559. The average Bonchev–Trinajstić information content (AvgIpc) is 2.89. The summed E-state index contributed by atoms with van der Waals surface area (Å²) in [4.78, 5) is 18.0. The third-order valence-electron chi connectivity index (χ3n) is 2.44. The Morgan fingerprint density at radius 3 is 2.95 bits per heavy atom. The van der Waals surface area contributed by atoms with Crippen LogP contribution in [0, 0.1) is 17.1 Å². The minimum absolute atomic E-state index is 0. The molecule has 1 heterocycles. The molecular weight excluding hydrogens is 256 g/mol. The number of carbonyl (C=O) groups is 1. The van der Waals surface area contributed by atoms with Crippen LogP contribution in [0.1, 0.15) is 18.2 Å². The van der Waals surface area contributed by atoms with Gasteiger partial charge in [-0.2, -0.15) is 5.26 Å². The summed E-state index contributed by atoms with van der Waals surface area (Å²) in [6, 6.07) is 5.81. The van der Waals surface area contributed by atoms with Crippen molar-refractivity contribution < 1.29 is 34.2 Å². The van der Waals surface area contributed by atoms with E-state index in [9.17, 15) is 9.18 Å². The molecule has 0 aliphatic carbocycles. The first-order valence-electron chi connectivity index (χ1n) is 5.50. The molecule has 1 aromatic carbocycles. The number of benzene rings is 1. The minimum atomic E-state index is -0.621. The van der Waals surface area contributed by atoms with E-state index in [1.165, 1.54) is 24.7 Å². The van der Waals surface area contributed by atoms with Gasteiger partial charge >= 0.3 is 24.8 Å². The van der Waals surface area contributed by atoms with Crippen molar-refractivity contribution in [3.8, 4) is 6.07 Å². The summed E-state index contributed by atoms with van der Waals surface area (Å²) in [6.45, 7) is -0.0321. The number of rotatable bonds is 4. The Labute approximate surface area is 128 Å². The number of aromatic nitrogens is 2. The van der Waals surface area contributed by atoms with Gasteiger partial charge in [-0.05, 0) is 17.7 Å². The number of H-pyrrole nitrogens is 1. The van der Waals surface area contributed by atoms with Crippen LogP contribution in [0.4, 0.5) is 4.39 Å². The molecule has 0 spiro atoms. The molecule has 2 rings (SSSR count). The number of hydrogen-bond donors (Lipinski definition) is 1. The summed E-state index contributed by atoms with van der Waals surface area (Å²) in [5.41, 5.74) is 1.11. The Hall–Kier alpha value is -2.08. The van der Waals surface area contributed by atoms with Crippen LogP contribution in [0.3, 0.4) is 0 Å². The molecule has 98 valence electrons. The van der Waals surface area contributed by atoms with Crippen molar-refractivity contribution in [2.75, 3.05) is 0 Å². The second-order valence-electron chi connectivity index (χ2n) is 3.84. The maximum absolute atomic E-state index is 13.3. The van der Waals surface area contributed by atoms with E-state index < -0.39 is 11.8 Å². The van der Waals surface area contributed by atoms with Crippen molar-refractivity contribution in [1.82, 2.24) is 9.97 Å². The van der Waals surface area contributed by atoms with Crippen LogP contribution >= 0.6 is 0 Å². The monoisotopic (exact) mass is 267 g/mol. The maximum Gasteiger partial charge on any atom is 1.00 e. The minimum Gasteiger partial charge on any atom is -1.00 e. The molecule has 0 amide bonds. The molecule has 0 unspecified atom stereocenters. The molecule has 0 aliphatic rings. The van der Waals surface area contributed by atoms with Crippen molar-refractivity contribution in [3.05, 3.63) is 53.4 Å². The average molecular weight is 267 g/mol. The van der Waals surface area contributed by atoms with Gasteiger partial charge in [0.1, 0.15) is 18.5 Å². The molecule has 0 aliphatic heterocycles. The van der Waals surface area contributed by atoms with Gasteiger partial charge < -0.3 is 11.1 Å². The van der Waals surface area contributed by atoms with E-state index >= 15 is 0 Å². The largest absolute Gasteiger partial charge is 1.00 e. The van der Waals surface area contributed by atoms with Crippen LogP contribution in [0.25, 0.3) is 0 Å². The van der Waals surface area contributed by atoms with Crippen molar-refractivity contribution >= 4 is 5.97 Å². The van der Waals surface area contributed by atoms with Crippen molar-refractivity contribution in [3.63, 3.8) is 0 Å². The fraction of sp³-hybridized carbons (Fsp3) is 0.154. The molecule has 0 atom stereocenters. The molecule has 1 N–H and O–H groups in total. The number of halogens is 1. The van der Waals surface area contributed by atoms with Gasteiger partial charge in [0, 0.05) is 11.9 Å². The van der Waals surface area contributed by atoms with Gasteiger partial charge in [-0.1, -0.05) is 6.07 Å². The zero-order chi connectivity index (χ0) is 13.7. The summed E-state index contributed by atoms with van der Waals surface area (Å²) in [6.07, 6.45) is 3.08. The Bertz CT molecular complexity index is 629. The number of carbonyl (C=O) groups excluding carboxylic acids is 1. The van der Waals surface area contributed by atoms with E-state index in [4.69, 9.17) is 10.00 Å². The molecule has 0 fully saturated rings. The predicted molar refractivity (Wildman–Crippen MR) is 64.3 cm³/mol. The van der Waals surface area contributed by atoms with Gasteiger partial charge in [0.15, 0.2) is 0 Å². The van der Waals surface area contributed by atoms with Gasteiger partial charge in [0.2, 0.25) is 0 Å². The number of hydrogen-bond acceptors (Lipinski definition) is 4. The number of nitriles is 1. The number of nitrogens with one attached hydrogen (secondary N) is 1. The number of aromatic amines is 1. The van der Waals surface area contributed by atoms with Gasteiger partial charge in [0.05, 0.1) is 18.3 Å². The Balaban J connectivity index is 0.00000200. The van der Waals surface area contributed by atoms with Crippen LogP contribution in [0.5, 0.6) is 0 Å². The first kappa shape index (κ1) is 16.0. The number of ether oxygens (including phenoxy) is 1. The van der Waals surface area contributed by atoms with Crippen LogP contribution in [0.2, 0.25) is 0 Å². The molecule has 0 saturated heterocycles. The number of nitrogens with zero attached hydrogens (tertiary/aromatic N) is 2. The predicted octanol–water partition coefficient (Wildman–Crippen LogP) is -1.18. The van der Waals surface area contributed by atoms with E-state index in [-0.39, 0.29) is 38.9 Å². The smallest absolute Gasteiger partial charge is 1.00 e. The first-order valence-corrected chi connectivity index (χ1v) is 5.50. The number of esters is 1. The van der Waals surface area contributed by atoms with Gasteiger partial charge in [0.25, 0.3) is 0 Å². The molecule has 5 nitrogen and oxygen atoms in total. The Morgan fingerprint density at radius 1 is 1.55 bits per heavy atom. The molecule has 1 aromatic heterocycles. The van der Waals surface area contributed by atoms with E-state index in [0.717, 1.165) is 0 Å². The van der Waals surface area contributed by atoms with Crippen molar-refractivity contribution in [2.45, 2.75) is 13.0 Å². The summed E-state index contributed by atoms with van der Waals surface area (Å²) in [5, 5.41) is 8.59. The molecule has 7 heteroatoms.